The molecule has 0 aliphatic heterocycles. The highest BCUT2D eigenvalue weighted by atomic mass is 16.6. The van der Waals surface area contributed by atoms with Gasteiger partial charge in [-0.3, -0.25) is 19.7 Å². The van der Waals surface area contributed by atoms with Crippen molar-refractivity contribution < 1.29 is 24.7 Å². The fourth-order valence-electron chi connectivity index (χ4n) is 1.66. The Hall–Kier alpha value is -2.72. The minimum absolute atomic E-state index is 0.0254. The molecule has 22 heavy (non-hydrogen) atoms. The Labute approximate surface area is 125 Å². The number of amides is 1. The molecule has 1 atom stereocenters. The van der Waals surface area contributed by atoms with Crippen LogP contribution in [-0.4, -0.2) is 46.2 Å². The standard InChI is InChI=1S/C12H16N4O6/c13-8-2-1-7(5-10(8)16(21)22)15-11(18)6-9(12(19)20)14-3-4-17/h1-2,5,9,14,17H,3-4,6,13H2,(H,15,18)(H,19,20). The molecule has 0 fully saturated rings. The van der Waals surface area contributed by atoms with E-state index in [4.69, 9.17) is 15.9 Å². The predicted octanol–water partition coefficient (Wildman–Crippen LogP) is -0.459. The Morgan fingerprint density at radius 2 is 2.09 bits per heavy atom. The molecule has 1 aromatic rings. The molecule has 0 aromatic heterocycles. The molecule has 6 N–H and O–H groups in total. The predicted molar refractivity (Wildman–Crippen MR) is 77.3 cm³/mol. The minimum atomic E-state index is -1.24. The van der Waals surface area contributed by atoms with Gasteiger partial charge in [-0.1, -0.05) is 0 Å². The lowest BCUT2D eigenvalue weighted by Crippen LogP contribution is -2.41. The number of nitrogens with one attached hydrogen (secondary N) is 2. The summed E-state index contributed by atoms with van der Waals surface area (Å²) in [5, 5.41) is 33.2. The topological polar surface area (TPSA) is 168 Å². The van der Waals surface area contributed by atoms with Crippen LogP contribution in [0.2, 0.25) is 0 Å². The van der Waals surface area contributed by atoms with Gasteiger partial charge in [0.1, 0.15) is 11.7 Å². The van der Waals surface area contributed by atoms with Crippen LogP contribution in [0, 0.1) is 10.1 Å². The average Bonchev–Trinajstić information content (AvgIpc) is 2.44. The maximum absolute atomic E-state index is 11.8. The number of nitrogen functional groups attached to an aromatic ring is 1. The molecular formula is C12H16N4O6. The molecule has 120 valence electrons. The maximum Gasteiger partial charge on any atom is 0.321 e. The molecule has 1 aromatic carbocycles. The second-order valence-electron chi connectivity index (χ2n) is 4.35. The van der Waals surface area contributed by atoms with Crippen molar-refractivity contribution >= 4 is 28.9 Å². The molecule has 1 amide bonds. The molecule has 0 saturated carbocycles. The number of carbonyl (C=O) groups excluding carboxylic acids is 1. The third-order valence-corrected chi connectivity index (χ3v) is 2.70. The van der Waals surface area contributed by atoms with Crippen molar-refractivity contribution in [2.24, 2.45) is 0 Å². The lowest BCUT2D eigenvalue weighted by Gasteiger charge is -2.13. The summed E-state index contributed by atoms with van der Waals surface area (Å²) in [5.74, 6) is -1.89. The van der Waals surface area contributed by atoms with Crippen LogP contribution < -0.4 is 16.4 Å². The second-order valence-corrected chi connectivity index (χ2v) is 4.35. The van der Waals surface area contributed by atoms with Crippen molar-refractivity contribution in [2.45, 2.75) is 12.5 Å². The van der Waals surface area contributed by atoms with E-state index in [1.54, 1.807) is 0 Å². The Bertz CT molecular complexity index is 577. The highest BCUT2D eigenvalue weighted by Gasteiger charge is 2.21. The van der Waals surface area contributed by atoms with Crippen LogP contribution >= 0.6 is 0 Å². The quantitative estimate of drug-likeness (QED) is 0.244. The smallest absolute Gasteiger partial charge is 0.321 e. The molecule has 1 unspecified atom stereocenters. The van der Waals surface area contributed by atoms with E-state index >= 15 is 0 Å². The molecule has 0 radical (unpaired) electrons. The molecule has 0 heterocycles. The number of aliphatic hydroxyl groups is 1. The van der Waals surface area contributed by atoms with E-state index < -0.39 is 29.3 Å². The lowest BCUT2D eigenvalue weighted by molar-refractivity contribution is -0.383. The largest absolute Gasteiger partial charge is 0.480 e. The molecule has 1 rings (SSSR count). The van der Waals surface area contributed by atoms with Crippen LogP contribution in [0.4, 0.5) is 17.1 Å². The number of hydrogen-bond acceptors (Lipinski definition) is 7. The third kappa shape index (κ3) is 5.00. The van der Waals surface area contributed by atoms with Crippen LogP contribution in [0.3, 0.4) is 0 Å². The second kappa shape index (κ2) is 7.90. The average molecular weight is 312 g/mol. The minimum Gasteiger partial charge on any atom is -0.480 e. The Morgan fingerprint density at radius 1 is 1.41 bits per heavy atom. The number of nitro groups is 1. The summed E-state index contributed by atoms with van der Waals surface area (Å²) in [6.07, 6.45) is -0.395. The normalized spacial score (nSPS) is 11.7. The van der Waals surface area contributed by atoms with Gasteiger partial charge >= 0.3 is 5.97 Å². The highest BCUT2D eigenvalue weighted by molar-refractivity contribution is 5.94. The molecule has 0 saturated heterocycles. The Morgan fingerprint density at radius 3 is 2.64 bits per heavy atom. The molecule has 0 aliphatic carbocycles. The number of rotatable bonds is 8. The first kappa shape index (κ1) is 17.3. The Kier molecular flexibility index (Phi) is 6.23. The zero-order valence-electron chi connectivity index (χ0n) is 11.5. The SMILES string of the molecule is Nc1ccc(NC(=O)CC(NCCO)C(=O)O)cc1[N+](=O)[O-]. The number of nitrogens with two attached hydrogens (primary N) is 1. The number of anilines is 2. The van der Waals surface area contributed by atoms with Crippen LogP contribution in [0.1, 0.15) is 6.42 Å². The van der Waals surface area contributed by atoms with Crippen molar-refractivity contribution in [3.8, 4) is 0 Å². The summed E-state index contributed by atoms with van der Waals surface area (Å²) in [7, 11) is 0. The molecule has 0 bridgehead atoms. The van der Waals surface area contributed by atoms with Gasteiger partial charge in [0.2, 0.25) is 5.91 Å². The summed E-state index contributed by atoms with van der Waals surface area (Å²) >= 11 is 0. The number of benzene rings is 1. The van der Waals surface area contributed by atoms with E-state index in [1.165, 1.54) is 12.1 Å². The summed E-state index contributed by atoms with van der Waals surface area (Å²) in [6, 6.07) is 2.56. The van der Waals surface area contributed by atoms with Gasteiger partial charge in [0.25, 0.3) is 5.69 Å². The maximum atomic E-state index is 11.8. The zero-order valence-corrected chi connectivity index (χ0v) is 11.5. The molecular weight excluding hydrogens is 296 g/mol. The van der Waals surface area contributed by atoms with E-state index in [-0.39, 0.29) is 30.2 Å². The van der Waals surface area contributed by atoms with E-state index in [1.807, 2.05) is 0 Å². The van der Waals surface area contributed by atoms with Gasteiger partial charge in [0.15, 0.2) is 0 Å². The number of carboxylic acids is 1. The van der Waals surface area contributed by atoms with Crippen molar-refractivity contribution in [2.75, 3.05) is 24.2 Å². The summed E-state index contributed by atoms with van der Waals surface area (Å²) in [6.45, 7) is -0.243. The van der Waals surface area contributed by atoms with Gasteiger partial charge in [0, 0.05) is 18.3 Å². The van der Waals surface area contributed by atoms with E-state index in [0.29, 0.717) is 0 Å². The van der Waals surface area contributed by atoms with Crippen molar-refractivity contribution in [1.29, 1.82) is 0 Å². The third-order valence-electron chi connectivity index (χ3n) is 2.70. The number of nitro benzene ring substituents is 1. The molecule has 10 heteroatoms. The summed E-state index contributed by atoms with van der Waals surface area (Å²) in [5.41, 5.74) is 5.17. The number of nitrogens with zero attached hydrogens (tertiary/aromatic N) is 1. The number of carbonyl (C=O) groups is 2. The van der Waals surface area contributed by atoms with Crippen molar-refractivity contribution in [3.05, 3.63) is 28.3 Å². The summed E-state index contributed by atoms with van der Waals surface area (Å²) < 4.78 is 0. The number of aliphatic carboxylic acids is 1. The van der Waals surface area contributed by atoms with Crippen LogP contribution in [0.25, 0.3) is 0 Å². The van der Waals surface area contributed by atoms with Gasteiger partial charge in [-0.05, 0) is 12.1 Å². The van der Waals surface area contributed by atoms with E-state index in [2.05, 4.69) is 10.6 Å². The van der Waals surface area contributed by atoms with E-state index in [9.17, 15) is 19.7 Å². The molecule has 0 aliphatic rings. The van der Waals surface area contributed by atoms with Crippen LogP contribution in [0.15, 0.2) is 18.2 Å². The Balaban J connectivity index is 2.73. The molecule has 10 nitrogen and oxygen atoms in total. The lowest BCUT2D eigenvalue weighted by atomic mass is 10.2. The fourth-order valence-corrected chi connectivity index (χ4v) is 1.66. The van der Waals surface area contributed by atoms with Gasteiger partial charge in [-0.2, -0.15) is 0 Å². The number of carboxylic acid groups (broad SMARTS) is 1. The van der Waals surface area contributed by atoms with Crippen molar-refractivity contribution in [3.63, 3.8) is 0 Å². The van der Waals surface area contributed by atoms with E-state index in [0.717, 1.165) is 6.07 Å². The first-order valence-electron chi connectivity index (χ1n) is 6.26. The highest BCUT2D eigenvalue weighted by Crippen LogP contribution is 2.25. The zero-order chi connectivity index (χ0) is 16.7. The van der Waals surface area contributed by atoms with Gasteiger partial charge in [-0.25, -0.2) is 0 Å². The number of aliphatic hydroxyl groups excluding tert-OH is 1. The number of hydrogen-bond donors (Lipinski definition) is 5. The van der Waals surface area contributed by atoms with Gasteiger partial charge in [-0.15, -0.1) is 0 Å². The monoisotopic (exact) mass is 312 g/mol. The fraction of sp³-hybridized carbons (Fsp3) is 0.333. The molecule has 0 spiro atoms. The van der Waals surface area contributed by atoms with Crippen molar-refractivity contribution in [1.82, 2.24) is 5.32 Å². The first-order chi connectivity index (χ1) is 10.3. The van der Waals surface area contributed by atoms with Crippen LogP contribution in [0.5, 0.6) is 0 Å². The van der Waals surface area contributed by atoms with Gasteiger partial charge < -0.3 is 26.6 Å². The summed E-state index contributed by atoms with van der Waals surface area (Å²) in [4.78, 5) is 32.8. The van der Waals surface area contributed by atoms with Crippen LogP contribution in [-0.2, 0) is 9.59 Å². The first-order valence-corrected chi connectivity index (χ1v) is 6.26. The van der Waals surface area contributed by atoms with Gasteiger partial charge in [0.05, 0.1) is 18.0 Å².